The molecule has 124 valence electrons. The Kier molecular flexibility index (Phi) is 4.37. The summed E-state index contributed by atoms with van der Waals surface area (Å²) in [5, 5.41) is 5.23. The van der Waals surface area contributed by atoms with E-state index < -0.39 is 11.8 Å². The number of hydrogen-bond donors (Lipinski definition) is 2. The van der Waals surface area contributed by atoms with Crippen molar-refractivity contribution in [1.29, 1.82) is 0 Å². The molecule has 2 aromatic rings. The number of nitrogens with one attached hydrogen (secondary N) is 2. The Morgan fingerprint density at radius 3 is 2.62 bits per heavy atom. The van der Waals surface area contributed by atoms with Gasteiger partial charge in [-0.3, -0.25) is 9.59 Å². The standard InChI is InChI=1S/C18H18N2O4/c1-11-3-4-12(2)14(7-11)20-18(22)17(21)19-9-13-5-6-15-16(8-13)24-10-23-15/h3-8H,9-10H2,1-2H3,(H,19,21)(H,20,22). The highest BCUT2D eigenvalue weighted by molar-refractivity contribution is 6.39. The van der Waals surface area contributed by atoms with Crippen molar-refractivity contribution in [2.75, 3.05) is 12.1 Å². The molecule has 6 nitrogen and oxygen atoms in total. The lowest BCUT2D eigenvalue weighted by atomic mass is 10.1. The van der Waals surface area contributed by atoms with Crippen LogP contribution < -0.4 is 20.1 Å². The number of ether oxygens (including phenoxy) is 2. The molecule has 3 rings (SSSR count). The summed E-state index contributed by atoms with van der Waals surface area (Å²) in [6.45, 7) is 4.23. The Morgan fingerprint density at radius 2 is 1.79 bits per heavy atom. The molecule has 1 aliphatic heterocycles. The average molecular weight is 326 g/mol. The molecule has 0 aliphatic carbocycles. The predicted octanol–water partition coefficient (Wildman–Crippen LogP) is 2.29. The van der Waals surface area contributed by atoms with Crippen molar-refractivity contribution >= 4 is 17.5 Å². The lowest BCUT2D eigenvalue weighted by Crippen LogP contribution is -2.35. The molecule has 1 heterocycles. The minimum atomic E-state index is -0.690. The summed E-state index contributed by atoms with van der Waals surface area (Å²) in [6.07, 6.45) is 0. The second-order valence-corrected chi connectivity index (χ2v) is 5.64. The molecule has 0 saturated heterocycles. The SMILES string of the molecule is Cc1ccc(C)c(NC(=O)C(=O)NCc2ccc3c(c2)OCO3)c1. The zero-order valence-electron chi connectivity index (χ0n) is 13.5. The number of fused-ring (bicyclic) bond motifs is 1. The highest BCUT2D eigenvalue weighted by Crippen LogP contribution is 2.32. The van der Waals surface area contributed by atoms with Crippen molar-refractivity contribution in [3.05, 3.63) is 53.1 Å². The van der Waals surface area contributed by atoms with Crippen LogP contribution in [0.15, 0.2) is 36.4 Å². The van der Waals surface area contributed by atoms with Crippen LogP contribution in [0.5, 0.6) is 11.5 Å². The number of hydrogen-bond acceptors (Lipinski definition) is 4. The highest BCUT2D eigenvalue weighted by Gasteiger charge is 2.16. The Bertz CT molecular complexity index is 802. The van der Waals surface area contributed by atoms with Crippen molar-refractivity contribution in [3.63, 3.8) is 0 Å². The summed E-state index contributed by atoms with van der Waals surface area (Å²) in [7, 11) is 0. The van der Waals surface area contributed by atoms with Gasteiger partial charge in [0.15, 0.2) is 11.5 Å². The molecule has 1 aliphatic rings. The fourth-order valence-electron chi connectivity index (χ4n) is 2.36. The molecule has 0 aromatic heterocycles. The van der Waals surface area contributed by atoms with Crippen molar-refractivity contribution in [2.24, 2.45) is 0 Å². The minimum absolute atomic E-state index is 0.198. The first-order valence-corrected chi connectivity index (χ1v) is 7.58. The number of amides is 2. The van der Waals surface area contributed by atoms with Crippen molar-refractivity contribution in [1.82, 2.24) is 5.32 Å². The van der Waals surface area contributed by atoms with E-state index in [1.807, 2.05) is 38.1 Å². The summed E-state index contributed by atoms with van der Waals surface area (Å²) in [4.78, 5) is 24.0. The van der Waals surface area contributed by atoms with Crippen LogP contribution in [0.3, 0.4) is 0 Å². The summed E-state index contributed by atoms with van der Waals surface area (Å²) in [6, 6.07) is 11.1. The molecule has 0 bridgehead atoms. The van der Waals surface area contributed by atoms with Crippen LogP contribution in [0, 0.1) is 13.8 Å². The van der Waals surface area contributed by atoms with Gasteiger partial charge < -0.3 is 20.1 Å². The van der Waals surface area contributed by atoms with Gasteiger partial charge >= 0.3 is 11.8 Å². The van der Waals surface area contributed by atoms with Crippen LogP contribution in [0.25, 0.3) is 0 Å². The number of anilines is 1. The average Bonchev–Trinajstić information content (AvgIpc) is 3.03. The van der Waals surface area contributed by atoms with Crippen LogP contribution in [-0.4, -0.2) is 18.6 Å². The zero-order valence-corrected chi connectivity index (χ0v) is 13.5. The summed E-state index contributed by atoms with van der Waals surface area (Å²) in [5.74, 6) is -0.0580. The highest BCUT2D eigenvalue weighted by atomic mass is 16.7. The second kappa shape index (κ2) is 6.62. The predicted molar refractivity (Wildman–Crippen MR) is 89.0 cm³/mol. The minimum Gasteiger partial charge on any atom is -0.454 e. The van der Waals surface area contributed by atoms with E-state index >= 15 is 0 Å². The topological polar surface area (TPSA) is 76.7 Å². The number of benzene rings is 2. The first kappa shape index (κ1) is 15.9. The number of carbonyl (C=O) groups is 2. The van der Waals surface area contributed by atoms with Gasteiger partial charge in [0.05, 0.1) is 0 Å². The van der Waals surface area contributed by atoms with Gasteiger partial charge in [0.1, 0.15) is 0 Å². The van der Waals surface area contributed by atoms with Crippen LogP contribution in [0.4, 0.5) is 5.69 Å². The van der Waals surface area contributed by atoms with Crippen LogP contribution >= 0.6 is 0 Å². The van der Waals surface area contributed by atoms with Crippen LogP contribution in [-0.2, 0) is 16.1 Å². The molecule has 0 saturated carbocycles. The normalized spacial score (nSPS) is 11.9. The van der Waals surface area contributed by atoms with Gasteiger partial charge in [-0.1, -0.05) is 18.2 Å². The molecule has 24 heavy (non-hydrogen) atoms. The maximum absolute atomic E-state index is 12.0. The van der Waals surface area contributed by atoms with E-state index in [0.29, 0.717) is 17.2 Å². The lowest BCUT2D eigenvalue weighted by Gasteiger charge is -2.10. The van der Waals surface area contributed by atoms with E-state index in [-0.39, 0.29) is 13.3 Å². The fraction of sp³-hybridized carbons (Fsp3) is 0.222. The first-order chi connectivity index (χ1) is 11.5. The van der Waals surface area contributed by atoms with Crippen molar-refractivity contribution < 1.29 is 19.1 Å². The monoisotopic (exact) mass is 326 g/mol. The maximum atomic E-state index is 12.0. The van der Waals surface area contributed by atoms with E-state index in [4.69, 9.17) is 9.47 Å². The fourth-order valence-corrected chi connectivity index (χ4v) is 2.36. The molecule has 2 N–H and O–H groups in total. The van der Waals surface area contributed by atoms with Gasteiger partial charge in [-0.15, -0.1) is 0 Å². The van der Waals surface area contributed by atoms with E-state index in [1.165, 1.54) is 0 Å². The third kappa shape index (κ3) is 3.48. The van der Waals surface area contributed by atoms with Gasteiger partial charge in [-0.25, -0.2) is 0 Å². The second-order valence-electron chi connectivity index (χ2n) is 5.64. The number of rotatable bonds is 3. The molecule has 0 unspecified atom stereocenters. The lowest BCUT2D eigenvalue weighted by molar-refractivity contribution is -0.136. The quantitative estimate of drug-likeness (QED) is 0.849. The van der Waals surface area contributed by atoms with Crippen LogP contribution in [0.1, 0.15) is 16.7 Å². The maximum Gasteiger partial charge on any atom is 0.313 e. The van der Waals surface area contributed by atoms with Gasteiger partial charge in [0, 0.05) is 12.2 Å². The van der Waals surface area contributed by atoms with Crippen molar-refractivity contribution in [2.45, 2.75) is 20.4 Å². The third-order valence-corrected chi connectivity index (χ3v) is 3.74. The third-order valence-electron chi connectivity index (χ3n) is 3.74. The van der Waals surface area contributed by atoms with Gasteiger partial charge in [0.2, 0.25) is 6.79 Å². The molecule has 6 heteroatoms. The van der Waals surface area contributed by atoms with E-state index in [2.05, 4.69) is 10.6 Å². The van der Waals surface area contributed by atoms with Crippen LogP contribution in [0.2, 0.25) is 0 Å². The van der Waals surface area contributed by atoms with Crippen molar-refractivity contribution in [3.8, 4) is 11.5 Å². The van der Waals surface area contributed by atoms with E-state index in [1.54, 1.807) is 12.1 Å². The summed E-state index contributed by atoms with van der Waals surface area (Å²) in [5.41, 5.74) is 3.37. The largest absolute Gasteiger partial charge is 0.454 e. The Labute approximate surface area is 139 Å². The summed E-state index contributed by atoms with van der Waals surface area (Å²) < 4.78 is 10.5. The van der Waals surface area contributed by atoms with E-state index in [9.17, 15) is 9.59 Å². The molecule has 0 atom stereocenters. The Balaban J connectivity index is 1.58. The van der Waals surface area contributed by atoms with Gasteiger partial charge in [0.25, 0.3) is 0 Å². The Morgan fingerprint density at radius 1 is 1.00 bits per heavy atom. The summed E-state index contributed by atoms with van der Waals surface area (Å²) >= 11 is 0. The van der Waals surface area contributed by atoms with Gasteiger partial charge in [-0.05, 0) is 48.7 Å². The molecule has 0 fully saturated rings. The molecule has 0 spiro atoms. The number of aryl methyl sites for hydroxylation is 2. The molecule has 2 aromatic carbocycles. The molecular formula is C18H18N2O4. The first-order valence-electron chi connectivity index (χ1n) is 7.58. The van der Waals surface area contributed by atoms with E-state index in [0.717, 1.165) is 16.7 Å². The molecular weight excluding hydrogens is 308 g/mol. The zero-order chi connectivity index (χ0) is 17.1. The van der Waals surface area contributed by atoms with Gasteiger partial charge in [-0.2, -0.15) is 0 Å². The molecule has 0 radical (unpaired) electrons. The Hall–Kier alpha value is -3.02. The number of carbonyl (C=O) groups excluding carboxylic acids is 2. The molecule has 2 amide bonds. The smallest absolute Gasteiger partial charge is 0.313 e.